The van der Waals surface area contributed by atoms with Gasteiger partial charge in [-0.2, -0.15) is 5.26 Å². The zero-order valence-electron chi connectivity index (χ0n) is 11.3. The largest absolute Gasteiger partial charge is 0.497 e. The predicted octanol–water partition coefficient (Wildman–Crippen LogP) is 1.76. The number of aliphatic carboxylic acids is 1. The fraction of sp³-hybridized carbons (Fsp3) is 0.286. The van der Waals surface area contributed by atoms with Crippen molar-refractivity contribution in [3.8, 4) is 11.8 Å². The van der Waals surface area contributed by atoms with Gasteiger partial charge in [-0.15, -0.1) is 0 Å². The van der Waals surface area contributed by atoms with Crippen LogP contribution in [-0.2, 0) is 4.79 Å². The summed E-state index contributed by atoms with van der Waals surface area (Å²) in [5, 5.41) is 19.0. The number of hydrogen-bond acceptors (Lipinski definition) is 4. The van der Waals surface area contributed by atoms with Gasteiger partial charge in [0.15, 0.2) is 0 Å². The van der Waals surface area contributed by atoms with E-state index in [1.807, 2.05) is 18.2 Å². The molecule has 0 aliphatic carbocycles. The molecular weight excluding hydrogens is 258 g/mol. The molecule has 104 valence electrons. The summed E-state index contributed by atoms with van der Waals surface area (Å²) in [6.45, 7) is -0.200. The van der Waals surface area contributed by atoms with Crippen molar-refractivity contribution in [3.05, 3.63) is 30.0 Å². The van der Waals surface area contributed by atoms with Crippen LogP contribution in [0.3, 0.4) is 0 Å². The Balaban J connectivity index is 2.44. The molecule has 2 rings (SSSR count). The number of methoxy groups -OCH3 is 1. The topological polar surface area (TPSA) is 89.4 Å². The highest BCUT2D eigenvalue weighted by atomic mass is 16.5. The highest BCUT2D eigenvalue weighted by molar-refractivity contribution is 5.85. The number of likely N-dealkylation sites (N-methyl/N-ethyl adjacent to an activating group) is 1. The third-order valence-corrected chi connectivity index (χ3v) is 3.16. The van der Waals surface area contributed by atoms with Crippen molar-refractivity contribution in [2.75, 3.05) is 20.7 Å². The van der Waals surface area contributed by atoms with Gasteiger partial charge in [0.25, 0.3) is 0 Å². The molecule has 0 saturated heterocycles. The van der Waals surface area contributed by atoms with Crippen LogP contribution in [0.25, 0.3) is 10.9 Å². The third kappa shape index (κ3) is 2.58. The van der Waals surface area contributed by atoms with Gasteiger partial charge in [0.05, 0.1) is 19.7 Å². The Morgan fingerprint density at radius 2 is 2.35 bits per heavy atom. The molecule has 0 radical (unpaired) electrons. The minimum absolute atomic E-state index is 0.200. The van der Waals surface area contributed by atoms with E-state index in [1.165, 1.54) is 4.90 Å². The molecule has 1 aromatic carbocycles. The van der Waals surface area contributed by atoms with Crippen molar-refractivity contribution in [2.24, 2.45) is 0 Å². The van der Waals surface area contributed by atoms with Gasteiger partial charge in [-0.05, 0) is 25.2 Å². The monoisotopic (exact) mass is 273 g/mol. The summed E-state index contributed by atoms with van der Waals surface area (Å²) in [6, 6.07) is 7.03. The zero-order chi connectivity index (χ0) is 14.7. The van der Waals surface area contributed by atoms with E-state index in [-0.39, 0.29) is 6.54 Å². The van der Waals surface area contributed by atoms with Crippen LogP contribution in [0, 0.1) is 11.3 Å². The van der Waals surface area contributed by atoms with Crippen molar-refractivity contribution in [1.29, 1.82) is 5.26 Å². The molecule has 0 bridgehead atoms. The highest BCUT2D eigenvalue weighted by Gasteiger charge is 2.21. The lowest BCUT2D eigenvalue weighted by molar-refractivity contribution is -0.138. The lowest BCUT2D eigenvalue weighted by Gasteiger charge is -2.20. The number of carboxylic acid groups (broad SMARTS) is 1. The van der Waals surface area contributed by atoms with Crippen LogP contribution in [0.5, 0.6) is 5.75 Å². The summed E-state index contributed by atoms with van der Waals surface area (Å²) >= 11 is 0. The zero-order valence-corrected chi connectivity index (χ0v) is 11.3. The molecule has 6 nitrogen and oxygen atoms in total. The molecule has 6 heteroatoms. The standard InChI is InChI=1S/C14H15N3O3/c1-17(8-14(18)19)13(6-15)11-7-16-12-4-3-9(20-2)5-10(11)12/h3-5,7,13,16H,8H2,1-2H3,(H,18,19). The Kier molecular flexibility index (Phi) is 3.91. The minimum Gasteiger partial charge on any atom is -0.497 e. The van der Waals surface area contributed by atoms with E-state index in [0.717, 1.165) is 16.5 Å². The lowest BCUT2D eigenvalue weighted by atomic mass is 10.1. The number of ether oxygens (including phenoxy) is 1. The number of carboxylic acids is 1. The predicted molar refractivity (Wildman–Crippen MR) is 73.5 cm³/mol. The normalized spacial score (nSPS) is 12.3. The molecule has 0 spiro atoms. The molecule has 1 atom stereocenters. The molecule has 1 aromatic heterocycles. The number of nitrogens with zero attached hydrogens (tertiary/aromatic N) is 2. The van der Waals surface area contributed by atoms with Crippen LogP contribution < -0.4 is 4.74 Å². The summed E-state index contributed by atoms with van der Waals surface area (Å²) in [5.41, 5.74) is 1.62. The number of benzene rings is 1. The van der Waals surface area contributed by atoms with Gasteiger partial charge in [0.2, 0.25) is 0 Å². The highest BCUT2D eigenvalue weighted by Crippen LogP contribution is 2.29. The summed E-state index contributed by atoms with van der Waals surface area (Å²) in [6.07, 6.45) is 1.73. The molecule has 0 aliphatic heterocycles. The second kappa shape index (κ2) is 5.63. The number of aromatic amines is 1. The second-order valence-corrected chi connectivity index (χ2v) is 4.50. The van der Waals surface area contributed by atoms with Crippen molar-refractivity contribution < 1.29 is 14.6 Å². The van der Waals surface area contributed by atoms with E-state index in [1.54, 1.807) is 20.4 Å². The Hall–Kier alpha value is -2.52. The number of nitrogens with one attached hydrogen (secondary N) is 1. The number of fused-ring (bicyclic) bond motifs is 1. The fourth-order valence-electron chi connectivity index (χ4n) is 2.18. The van der Waals surface area contributed by atoms with Gasteiger partial charge in [0, 0.05) is 22.7 Å². The van der Waals surface area contributed by atoms with Crippen LogP contribution in [0.1, 0.15) is 11.6 Å². The third-order valence-electron chi connectivity index (χ3n) is 3.16. The molecule has 0 amide bonds. The number of aromatic nitrogens is 1. The fourth-order valence-corrected chi connectivity index (χ4v) is 2.18. The molecule has 0 aliphatic rings. The van der Waals surface area contributed by atoms with Gasteiger partial charge in [-0.25, -0.2) is 0 Å². The first-order chi connectivity index (χ1) is 9.56. The lowest BCUT2D eigenvalue weighted by Crippen LogP contribution is -2.29. The van der Waals surface area contributed by atoms with Crippen molar-refractivity contribution in [2.45, 2.75) is 6.04 Å². The first kappa shape index (κ1) is 13.9. The van der Waals surface area contributed by atoms with E-state index < -0.39 is 12.0 Å². The summed E-state index contributed by atoms with van der Waals surface area (Å²) in [7, 11) is 3.19. The Bertz CT molecular complexity index is 672. The average molecular weight is 273 g/mol. The number of H-pyrrole nitrogens is 1. The van der Waals surface area contributed by atoms with Gasteiger partial charge < -0.3 is 14.8 Å². The van der Waals surface area contributed by atoms with E-state index in [4.69, 9.17) is 9.84 Å². The Morgan fingerprint density at radius 1 is 1.60 bits per heavy atom. The first-order valence-corrected chi connectivity index (χ1v) is 6.03. The van der Waals surface area contributed by atoms with Crippen LogP contribution in [0.4, 0.5) is 0 Å². The number of rotatable bonds is 5. The van der Waals surface area contributed by atoms with Crippen LogP contribution in [0.2, 0.25) is 0 Å². The van der Waals surface area contributed by atoms with Crippen molar-refractivity contribution >= 4 is 16.9 Å². The van der Waals surface area contributed by atoms with Crippen LogP contribution in [0.15, 0.2) is 24.4 Å². The maximum Gasteiger partial charge on any atom is 0.317 e. The van der Waals surface area contributed by atoms with Gasteiger partial charge in [0.1, 0.15) is 11.8 Å². The van der Waals surface area contributed by atoms with E-state index in [2.05, 4.69) is 11.1 Å². The number of nitriles is 1. The molecule has 1 unspecified atom stereocenters. The maximum absolute atomic E-state index is 10.8. The van der Waals surface area contributed by atoms with Gasteiger partial charge in [-0.3, -0.25) is 9.69 Å². The molecule has 0 fully saturated rings. The second-order valence-electron chi connectivity index (χ2n) is 4.50. The summed E-state index contributed by atoms with van der Waals surface area (Å²) < 4.78 is 5.18. The van der Waals surface area contributed by atoms with E-state index >= 15 is 0 Å². The first-order valence-electron chi connectivity index (χ1n) is 6.03. The van der Waals surface area contributed by atoms with E-state index in [0.29, 0.717) is 5.75 Å². The smallest absolute Gasteiger partial charge is 0.317 e. The Labute approximate surface area is 116 Å². The van der Waals surface area contributed by atoms with Crippen LogP contribution >= 0.6 is 0 Å². The molecular formula is C14H15N3O3. The molecule has 2 N–H and O–H groups in total. The molecule has 1 heterocycles. The molecule has 20 heavy (non-hydrogen) atoms. The molecule has 0 saturated carbocycles. The van der Waals surface area contributed by atoms with E-state index in [9.17, 15) is 10.1 Å². The van der Waals surface area contributed by atoms with Gasteiger partial charge >= 0.3 is 5.97 Å². The number of hydrogen-bond donors (Lipinski definition) is 2. The molecule has 2 aromatic rings. The quantitative estimate of drug-likeness (QED) is 0.866. The summed E-state index contributed by atoms with van der Waals surface area (Å²) in [4.78, 5) is 15.4. The minimum atomic E-state index is -0.967. The van der Waals surface area contributed by atoms with Gasteiger partial charge in [-0.1, -0.05) is 0 Å². The average Bonchev–Trinajstić information content (AvgIpc) is 2.82. The van der Waals surface area contributed by atoms with Crippen molar-refractivity contribution in [3.63, 3.8) is 0 Å². The SMILES string of the molecule is COc1ccc2[nH]cc(C(C#N)N(C)CC(=O)O)c2c1. The van der Waals surface area contributed by atoms with Crippen molar-refractivity contribution in [1.82, 2.24) is 9.88 Å². The Morgan fingerprint density at radius 3 is 2.95 bits per heavy atom. The van der Waals surface area contributed by atoms with Crippen LogP contribution in [-0.4, -0.2) is 41.7 Å². The maximum atomic E-state index is 10.8. The summed E-state index contributed by atoms with van der Waals surface area (Å²) in [5.74, 6) is -0.277. The number of carbonyl (C=O) groups is 1.